The Morgan fingerprint density at radius 2 is 1.96 bits per heavy atom. The number of carbonyl (C=O) groups excluding carboxylic acids is 1. The summed E-state index contributed by atoms with van der Waals surface area (Å²) in [5.41, 5.74) is -0.185. The molecule has 0 unspecified atom stereocenters. The number of methoxy groups -OCH3 is 1. The van der Waals surface area contributed by atoms with Gasteiger partial charge in [0.15, 0.2) is 0 Å². The molecule has 0 atom stereocenters. The van der Waals surface area contributed by atoms with Gasteiger partial charge in [-0.15, -0.1) is 10.2 Å². The van der Waals surface area contributed by atoms with Crippen LogP contribution in [0.5, 0.6) is 5.75 Å². The van der Waals surface area contributed by atoms with E-state index >= 15 is 0 Å². The number of halogens is 4. The Morgan fingerprint density at radius 3 is 2.56 bits per heavy atom. The molecule has 0 radical (unpaired) electrons. The van der Waals surface area contributed by atoms with E-state index in [-0.39, 0.29) is 33.0 Å². The molecular formula is C17H10BrF3N4O2. The zero-order valence-electron chi connectivity index (χ0n) is 13.7. The lowest BCUT2D eigenvalue weighted by Gasteiger charge is -2.12. The summed E-state index contributed by atoms with van der Waals surface area (Å²) in [7, 11) is 1.24. The largest absolute Gasteiger partial charge is 0.496 e. The Morgan fingerprint density at radius 1 is 1.19 bits per heavy atom. The molecule has 0 amide bonds. The van der Waals surface area contributed by atoms with Gasteiger partial charge in [-0.25, -0.2) is 4.98 Å². The van der Waals surface area contributed by atoms with Crippen molar-refractivity contribution in [1.82, 2.24) is 20.2 Å². The number of hydrogen-bond donors (Lipinski definition) is 0. The van der Waals surface area contributed by atoms with Gasteiger partial charge in [0, 0.05) is 23.5 Å². The minimum absolute atomic E-state index is 0.0482. The lowest BCUT2D eigenvalue weighted by Crippen LogP contribution is -2.10. The van der Waals surface area contributed by atoms with Crippen molar-refractivity contribution in [2.24, 2.45) is 0 Å². The molecule has 0 saturated heterocycles. The van der Waals surface area contributed by atoms with Crippen molar-refractivity contribution in [3.8, 4) is 17.0 Å². The SMILES string of the molecule is COc1cc(C(F)(F)F)ccc1-c1nnc(C(=O)c2cccnc2)nc1Br. The van der Waals surface area contributed by atoms with E-state index in [4.69, 9.17) is 4.74 Å². The fraction of sp³-hybridized carbons (Fsp3) is 0.118. The number of alkyl halides is 3. The average molecular weight is 439 g/mol. The van der Waals surface area contributed by atoms with Crippen LogP contribution in [-0.2, 0) is 6.18 Å². The van der Waals surface area contributed by atoms with E-state index in [2.05, 4.69) is 36.1 Å². The molecule has 2 aromatic heterocycles. The first-order valence-corrected chi connectivity index (χ1v) is 8.21. The van der Waals surface area contributed by atoms with E-state index in [0.717, 1.165) is 12.1 Å². The van der Waals surface area contributed by atoms with Crippen LogP contribution in [0.15, 0.2) is 47.3 Å². The highest BCUT2D eigenvalue weighted by Gasteiger charge is 2.31. The Bertz CT molecular complexity index is 997. The molecule has 0 bridgehead atoms. The van der Waals surface area contributed by atoms with Crippen LogP contribution in [0.4, 0.5) is 13.2 Å². The molecular weight excluding hydrogens is 429 g/mol. The van der Waals surface area contributed by atoms with E-state index < -0.39 is 17.5 Å². The van der Waals surface area contributed by atoms with Gasteiger partial charge in [-0.3, -0.25) is 9.78 Å². The minimum atomic E-state index is -4.51. The van der Waals surface area contributed by atoms with Crippen LogP contribution < -0.4 is 4.74 Å². The van der Waals surface area contributed by atoms with Crippen molar-refractivity contribution in [2.75, 3.05) is 7.11 Å². The number of benzene rings is 1. The lowest BCUT2D eigenvalue weighted by atomic mass is 10.1. The van der Waals surface area contributed by atoms with E-state index in [1.165, 1.54) is 25.6 Å². The molecule has 0 aliphatic rings. The van der Waals surface area contributed by atoms with Crippen molar-refractivity contribution in [3.63, 3.8) is 0 Å². The smallest absolute Gasteiger partial charge is 0.416 e. The molecule has 0 fully saturated rings. The summed E-state index contributed by atoms with van der Waals surface area (Å²) in [5, 5.41) is 7.73. The van der Waals surface area contributed by atoms with Crippen LogP contribution in [0.3, 0.4) is 0 Å². The molecule has 0 aliphatic carbocycles. The highest BCUT2D eigenvalue weighted by atomic mass is 79.9. The van der Waals surface area contributed by atoms with Gasteiger partial charge in [0.2, 0.25) is 11.6 Å². The molecule has 2 heterocycles. The highest BCUT2D eigenvalue weighted by molar-refractivity contribution is 9.10. The number of nitrogens with zero attached hydrogens (tertiary/aromatic N) is 4. The van der Waals surface area contributed by atoms with Gasteiger partial charge in [-0.2, -0.15) is 13.2 Å². The predicted octanol–water partition coefficient (Wildman–Crippen LogP) is 3.95. The maximum absolute atomic E-state index is 12.9. The van der Waals surface area contributed by atoms with E-state index in [0.29, 0.717) is 0 Å². The van der Waals surface area contributed by atoms with Crippen molar-refractivity contribution in [1.29, 1.82) is 0 Å². The first-order valence-electron chi connectivity index (χ1n) is 7.42. The van der Waals surface area contributed by atoms with Gasteiger partial charge in [-0.05, 0) is 46.3 Å². The highest BCUT2D eigenvalue weighted by Crippen LogP contribution is 2.37. The Kier molecular flexibility index (Phi) is 5.17. The molecule has 0 N–H and O–H groups in total. The average Bonchev–Trinajstić information content (AvgIpc) is 2.67. The van der Waals surface area contributed by atoms with E-state index in [1.807, 2.05) is 0 Å². The van der Waals surface area contributed by atoms with Crippen molar-refractivity contribution in [2.45, 2.75) is 6.18 Å². The van der Waals surface area contributed by atoms with E-state index in [9.17, 15) is 18.0 Å². The second-order valence-corrected chi connectivity index (χ2v) is 6.01. The molecule has 6 nitrogen and oxygen atoms in total. The Balaban J connectivity index is 2.00. The Labute approximate surface area is 159 Å². The number of carbonyl (C=O) groups is 1. The summed E-state index contributed by atoms with van der Waals surface area (Å²) in [5.74, 6) is -0.709. The zero-order chi connectivity index (χ0) is 19.6. The summed E-state index contributed by atoms with van der Waals surface area (Å²) in [6, 6.07) is 6.12. The number of pyridine rings is 1. The van der Waals surface area contributed by atoms with Crippen LogP contribution >= 0.6 is 15.9 Å². The molecule has 0 saturated carbocycles. The second kappa shape index (κ2) is 7.39. The zero-order valence-corrected chi connectivity index (χ0v) is 15.2. The number of hydrogen-bond acceptors (Lipinski definition) is 6. The van der Waals surface area contributed by atoms with Crippen LogP contribution in [0, 0.1) is 0 Å². The van der Waals surface area contributed by atoms with E-state index in [1.54, 1.807) is 12.1 Å². The number of ketones is 1. The molecule has 3 rings (SSSR count). The lowest BCUT2D eigenvalue weighted by molar-refractivity contribution is -0.137. The van der Waals surface area contributed by atoms with Crippen molar-refractivity contribution in [3.05, 3.63) is 64.3 Å². The van der Waals surface area contributed by atoms with Crippen LogP contribution in [0.25, 0.3) is 11.3 Å². The third-order valence-electron chi connectivity index (χ3n) is 3.55. The minimum Gasteiger partial charge on any atom is -0.496 e. The molecule has 0 spiro atoms. The Hall–Kier alpha value is -2.88. The molecule has 1 aromatic carbocycles. The summed E-state index contributed by atoms with van der Waals surface area (Å²) in [4.78, 5) is 20.3. The monoisotopic (exact) mass is 438 g/mol. The molecule has 10 heteroatoms. The third kappa shape index (κ3) is 3.95. The third-order valence-corrected chi connectivity index (χ3v) is 4.11. The van der Waals surface area contributed by atoms with Crippen LogP contribution in [0.2, 0.25) is 0 Å². The van der Waals surface area contributed by atoms with Crippen LogP contribution in [0.1, 0.15) is 21.7 Å². The first kappa shape index (κ1) is 18.9. The first-order chi connectivity index (χ1) is 12.8. The molecule has 0 aliphatic heterocycles. The maximum atomic E-state index is 12.9. The fourth-order valence-electron chi connectivity index (χ4n) is 2.26. The summed E-state index contributed by atoms with van der Waals surface area (Å²) >= 11 is 3.19. The predicted molar refractivity (Wildman–Crippen MR) is 92.2 cm³/mol. The molecule has 3 aromatic rings. The summed E-state index contributed by atoms with van der Waals surface area (Å²) in [6.07, 6.45) is -1.62. The van der Waals surface area contributed by atoms with Gasteiger partial charge < -0.3 is 4.74 Å². The normalized spacial score (nSPS) is 11.3. The number of aromatic nitrogens is 4. The number of ether oxygens (including phenoxy) is 1. The number of rotatable bonds is 4. The fourth-order valence-corrected chi connectivity index (χ4v) is 2.72. The van der Waals surface area contributed by atoms with Crippen molar-refractivity contribution >= 4 is 21.7 Å². The van der Waals surface area contributed by atoms with Crippen LogP contribution in [-0.4, -0.2) is 33.1 Å². The van der Waals surface area contributed by atoms with Gasteiger partial charge in [0.1, 0.15) is 16.0 Å². The van der Waals surface area contributed by atoms with Crippen molar-refractivity contribution < 1.29 is 22.7 Å². The quantitative estimate of drug-likeness (QED) is 0.573. The summed E-state index contributed by atoms with van der Waals surface area (Å²) in [6.45, 7) is 0. The van der Waals surface area contributed by atoms with Gasteiger partial charge in [0.25, 0.3) is 0 Å². The molecule has 27 heavy (non-hydrogen) atoms. The van der Waals surface area contributed by atoms with Gasteiger partial charge >= 0.3 is 6.18 Å². The summed E-state index contributed by atoms with van der Waals surface area (Å²) < 4.78 is 43.8. The molecule has 138 valence electrons. The standard InChI is InChI=1S/C17H10BrF3N4O2/c1-27-12-7-10(17(19,20)21)4-5-11(12)13-15(18)23-16(25-24-13)14(26)9-3-2-6-22-8-9/h2-8H,1H3. The van der Waals surface area contributed by atoms with Gasteiger partial charge in [-0.1, -0.05) is 0 Å². The topological polar surface area (TPSA) is 77.9 Å². The maximum Gasteiger partial charge on any atom is 0.416 e. The second-order valence-electron chi connectivity index (χ2n) is 5.26. The van der Waals surface area contributed by atoms with Gasteiger partial charge in [0.05, 0.1) is 12.7 Å².